The summed E-state index contributed by atoms with van der Waals surface area (Å²) in [5.74, 6) is 0.224. The van der Waals surface area contributed by atoms with Gasteiger partial charge in [-0.05, 0) is 60.8 Å². The molecule has 0 aliphatic heterocycles. The van der Waals surface area contributed by atoms with Gasteiger partial charge in [-0.25, -0.2) is 0 Å². The minimum Gasteiger partial charge on any atom is -0.504 e. The van der Waals surface area contributed by atoms with Gasteiger partial charge in [0.05, 0.1) is 6.10 Å². The van der Waals surface area contributed by atoms with Crippen molar-refractivity contribution in [1.82, 2.24) is 0 Å². The molecule has 3 aliphatic rings. The Morgan fingerprint density at radius 2 is 1.91 bits per heavy atom. The molecule has 0 amide bonds. The average molecular weight is 318 g/mol. The smallest absolute Gasteiger partial charge is 0.197 e. The largest absolute Gasteiger partial charge is 0.504 e. The van der Waals surface area contributed by atoms with Gasteiger partial charge in [-0.2, -0.15) is 0 Å². The molecular weight excluding hydrogens is 288 g/mol. The van der Waals surface area contributed by atoms with Crippen molar-refractivity contribution in [3.05, 3.63) is 24.0 Å². The van der Waals surface area contributed by atoms with E-state index in [1.807, 2.05) is 13.8 Å². The third-order valence-electron chi connectivity index (χ3n) is 7.91. The summed E-state index contributed by atoms with van der Waals surface area (Å²) in [6, 6.07) is 0. The minimum atomic E-state index is -0.506. The third kappa shape index (κ3) is 2.08. The van der Waals surface area contributed by atoms with Crippen molar-refractivity contribution in [3.63, 3.8) is 0 Å². The van der Waals surface area contributed by atoms with Crippen molar-refractivity contribution in [3.8, 4) is 0 Å². The number of rotatable bonds is 1. The van der Waals surface area contributed by atoms with Crippen LogP contribution in [0.1, 0.15) is 59.8 Å². The maximum atomic E-state index is 12.3. The lowest BCUT2D eigenvalue weighted by atomic mass is 9.42. The van der Waals surface area contributed by atoms with Crippen molar-refractivity contribution in [2.75, 3.05) is 0 Å². The lowest BCUT2D eigenvalue weighted by molar-refractivity contribution is -0.161. The highest BCUT2D eigenvalue weighted by atomic mass is 16.3. The Hall–Kier alpha value is -1.09. The zero-order valence-corrected chi connectivity index (χ0v) is 14.9. The normalized spacial score (nSPS) is 50.3. The molecule has 0 spiro atoms. The Labute approximate surface area is 139 Å². The summed E-state index contributed by atoms with van der Waals surface area (Å²) in [4.78, 5) is 12.3. The second kappa shape index (κ2) is 4.95. The lowest BCUT2D eigenvalue weighted by Crippen LogP contribution is -2.60. The number of ketones is 1. The molecule has 2 fully saturated rings. The number of hydrogen-bond acceptors (Lipinski definition) is 3. The summed E-state index contributed by atoms with van der Waals surface area (Å²) in [6.45, 7) is 12.4. The van der Waals surface area contributed by atoms with E-state index in [0.29, 0.717) is 17.9 Å². The van der Waals surface area contributed by atoms with E-state index < -0.39 is 11.5 Å². The Morgan fingerprint density at radius 1 is 1.26 bits per heavy atom. The molecular formula is C20H30O3. The molecule has 23 heavy (non-hydrogen) atoms. The summed E-state index contributed by atoms with van der Waals surface area (Å²) in [5.41, 5.74) is 0.353. The number of allylic oxidation sites excluding steroid dienone is 2. The van der Waals surface area contributed by atoms with Crippen LogP contribution in [0.3, 0.4) is 0 Å². The van der Waals surface area contributed by atoms with Crippen LogP contribution in [0.25, 0.3) is 0 Å². The zero-order chi connectivity index (χ0) is 17.2. The zero-order valence-electron chi connectivity index (χ0n) is 14.9. The molecule has 3 heteroatoms. The molecule has 6 atom stereocenters. The molecule has 2 N–H and O–H groups in total. The molecule has 2 saturated carbocycles. The van der Waals surface area contributed by atoms with Crippen molar-refractivity contribution >= 4 is 5.78 Å². The Balaban J connectivity index is 2.07. The predicted octanol–water partition coefficient (Wildman–Crippen LogP) is 4.18. The Kier molecular flexibility index (Phi) is 3.61. The summed E-state index contributed by atoms with van der Waals surface area (Å²) >= 11 is 0. The highest BCUT2D eigenvalue weighted by Gasteiger charge is 2.62. The number of carbonyl (C=O) groups excluding carboxylic acids is 1. The molecule has 0 aromatic rings. The van der Waals surface area contributed by atoms with E-state index in [4.69, 9.17) is 0 Å². The Morgan fingerprint density at radius 3 is 2.52 bits per heavy atom. The van der Waals surface area contributed by atoms with Crippen LogP contribution in [-0.2, 0) is 4.79 Å². The molecule has 6 unspecified atom stereocenters. The molecule has 0 bridgehead atoms. The molecule has 0 radical (unpaired) electrons. The predicted molar refractivity (Wildman–Crippen MR) is 90.9 cm³/mol. The Bertz CT molecular complexity index is 592. The lowest BCUT2D eigenvalue weighted by Gasteiger charge is -2.63. The number of Topliss-reactive ketones (excluding diaryl/α,β-unsaturated/α-hetero) is 1. The maximum absolute atomic E-state index is 12.3. The second-order valence-corrected chi connectivity index (χ2v) is 8.95. The van der Waals surface area contributed by atoms with Crippen LogP contribution in [0.2, 0.25) is 0 Å². The number of fused-ring (bicyclic) bond motifs is 3. The highest BCUT2D eigenvalue weighted by molar-refractivity contribution is 5.95. The highest BCUT2D eigenvalue weighted by Crippen LogP contribution is 2.66. The summed E-state index contributed by atoms with van der Waals surface area (Å²) in [5, 5.41) is 21.1. The van der Waals surface area contributed by atoms with Crippen molar-refractivity contribution in [2.24, 2.45) is 28.1 Å². The van der Waals surface area contributed by atoms with Gasteiger partial charge >= 0.3 is 0 Å². The molecule has 0 saturated heterocycles. The van der Waals surface area contributed by atoms with E-state index in [2.05, 4.69) is 26.5 Å². The van der Waals surface area contributed by atoms with Crippen LogP contribution in [0.15, 0.2) is 24.0 Å². The molecule has 0 heterocycles. The molecule has 3 nitrogen and oxygen atoms in total. The summed E-state index contributed by atoms with van der Waals surface area (Å²) in [6.07, 6.45) is 5.81. The van der Waals surface area contributed by atoms with E-state index in [1.165, 1.54) is 0 Å². The second-order valence-electron chi connectivity index (χ2n) is 8.95. The molecule has 3 rings (SSSR count). The fourth-order valence-electron chi connectivity index (χ4n) is 5.79. The first-order chi connectivity index (χ1) is 10.6. The van der Waals surface area contributed by atoms with Crippen molar-refractivity contribution in [1.29, 1.82) is 0 Å². The van der Waals surface area contributed by atoms with Crippen LogP contribution in [-0.4, -0.2) is 22.1 Å². The van der Waals surface area contributed by atoms with Crippen LogP contribution >= 0.6 is 0 Å². The van der Waals surface area contributed by atoms with E-state index in [-0.39, 0.29) is 28.3 Å². The summed E-state index contributed by atoms with van der Waals surface area (Å²) in [7, 11) is 0. The van der Waals surface area contributed by atoms with Gasteiger partial charge < -0.3 is 10.2 Å². The third-order valence-corrected chi connectivity index (χ3v) is 7.91. The topological polar surface area (TPSA) is 57.5 Å². The monoisotopic (exact) mass is 318 g/mol. The van der Waals surface area contributed by atoms with Gasteiger partial charge in [-0.15, -0.1) is 6.58 Å². The molecule has 0 aromatic heterocycles. The van der Waals surface area contributed by atoms with Crippen molar-refractivity contribution in [2.45, 2.75) is 65.9 Å². The quantitative estimate of drug-likeness (QED) is 0.713. The SMILES string of the molecule is C=CC1(C)CCC2(C)C(CC(O)C3(C)C(C)=C(O)C(=O)CC23)C1. The molecule has 128 valence electrons. The van der Waals surface area contributed by atoms with E-state index in [1.54, 1.807) is 0 Å². The minimum absolute atomic E-state index is 0.0358. The van der Waals surface area contributed by atoms with E-state index >= 15 is 0 Å². The fourth-order valence-corrected chi connectivity index (χ4v) is 5.79. The maximum Gasteiger partial charge on any atom is 0.197 e. The first-order valence-corrected chi connectivity index (χ1v) is 8.83. The average Bonchev–Trinajstić information content (AvgIpc) is 2.51. The number of aliphatic hydroxyl groups excluding tert-OH is 2. The van der Waals surface area contributed by atoms with Gasteiger partial charge in [0, 0.05) is 11.8 Å². The van der Waals surface area contributed by atoms with Crippen LogP contribution in [0.4, 0.5) is 0 Å². The first-order valence-electron chi connectivity index (χ1n) is 8.83. The van der Waals surface area contributed by atoms with Gasteiger partial charge in [-0.3, -0.25) is 4.79 Å². The number of hydrogen-bond donors (Lipinski definition) is 2. The number of carbonyl (C=O) groups is 1. The van der Waals surface area contributed by atoms with E-state index in [9.17, 15) is 15.0 Å². The van der Waals surface area contributed by atoms with Gasteiger partial charge in [0.2, 0.25) is 0 Å². The standard InChI is InChI=1S/C20H30O3/c1-6-18(3)7-8-19(4)13(11-18)9-16(22)20(5)12(2)17(23)14(21)10-15(19)20/h6,13,15-16,22-23H,1,7-11H2,2-5H3. The van der Waals surface area contributed by atoms with Crippen LogP contribution in [0, 0.1) is 28.1 Å². The van der Waals surface area contributed by atoms with Crippen LogP contribution < -0.4 is 0 Å². The fraction of sp³-hybridized carbons (Fsp3) is 0.750. The van der Waals surface area contributed by atoms with E-state index in [0.717, 1.165) is 25.7 Å². The van der Waals surface area contributed by atoms with Crippen LogP contribution in [0.5, 0.6) is 0 Å². The van der Waals surface area contributed by atoms with Gasteiger partial charge in [0.15, 0.2) is 11.5 Å². The van der Waals surface area contributed by atoms with Gasteiger partial charge in [0.25, 0.3) is 0 Å². The number of aliphatic hydroxyl groups is 2. The van der Waals surface area contributed by atoms with Gasteiger partial charge in [-0.1, -0.05) is 26.8 Å². The van der Waals surface area contributed by atoms with Crippen molar-refractivity contribution < 1.29 is 15.0 Å². The summed E-state index contributed by atoms with van der Waals surface area (Å²) < 4.78 is 0. The molecule has 0 aromatic carbocycles. The van der Waals surface area contributed by atoms with Gasteiger partial charge in [0.1, 0.15) is 0 Å². The first kappa shape index (κ1) is 16.8. The molecule has 3 aliphatic carbocycles.